The predicted molar refractivity (Wildman–Crippen MR) is 114 cm³/mol. The lowest BCUT2D eigenvalue weighted by Gasteiger charge is -2.19. The van der Waals surface area contributed by atoms with Gasteiger partial charge >= 0.3 is 18.4 Å². The summed E-state index contributed by atoms with van der Waals surface area (Å²) in [6, 6.07) is 11.5. The largest absolute Gasteiger partial charge is 0.573 e. The van der Waals surface area contributed by atoms with Gasteiger partial charge in [0.2, 0.25) is 5.76 Å². The van der Waals surface area contributed by atoms with E-state index in [9.17, 15) is 22.8 Å². The first kappa shape index (κ1) is 23.0. The van der Waals surface area contributed by atoms with Crippen LogP contribution < -0.4 is 14.8 Å². The number of amidine groups is 1. The Bertz CT molecular complexity index is 1170. The van der Waals surface area contributed by atoms with E-state index in [1.54, 1.807) is 13.2 Å². The Hall–Kier alpha value is -4.22. The summed E-state index contributed by atoms with van der Waals surface area (Å²) >= 11 is 0. The van der Waals surface area contributed by atoms with E-state index < -0.39 is 24.1 Å². The highest BCUT2D eigenvalue weighted by Crippen LogP contribution is 2.26. The maximum absolute atomic E-state index is 12.6. The molecule has 34 heavy (non-hydrogen) atoms. The molecule has 2 aliphatic heterocycles. The topological polar surface area (TPSA) is 92.7 Å². The second kappa shape index (κ2) is 9.33. The molecule has 0 aromatic heterocycles. The Morgan fingerprint density at radius 2 is 1.91 bits per heavy atom. The quantitative estimate of drug-likeness (QED) is 0.684. The zero-order chi connectivity index (χ0) is 24.3. The second-order valence-electron chi connectivity index (χ2n) is 7.27. The number of benzene rings is 2. The van der Waals surface area contributed by atoms with E-state index in [4.69, 9.17) is 9.47 Å². The highest BCUT2D eigenvalue weighted by atomic mass is 19.4. The first-order chi connectivity index (χ1) is 16.2. The SMILES string of the molecule is COc1cccc(CN2CCN3C=C(C(=O)Nc4cccc(OC(F)(F)F)c4)OC3=NC2=O)c1. The van der Waals surface area contributed by atoms with Crippen LogP contribution in [0.4, 0.5) is 23.7 Å². The highest BCUT2D eigenvalue weighted by Gasteiger charge is 2.33. The van der Waals surface area contributed by atoms with Gasteiger partial charge in [-0.25, -0.2) is 4.79 Å². The molecule has 2 aliphatic rings. The van der Waals surface area contributed by atoms with Crippen LogP contribution in [0.15, 0.2) is 65.5 Å². The fraction of sp³-hybridized carbons (Fsp3) is 0.227. The Labute approximate surface area is 192 Å². The summed E-state index contributed by atoms with van der Waals surface area (Å²) < 4.78 is 51.7. The van der Waals surface area contributed by atoms with E-state index >= 15 is 0 Å². The number of aliphatic imine (C=N–C) groups is 1. The minimum Gasteiger partial charge on any atom is -0.497 e. The number of nitrogens with zero attached hydrogens (tertiary/aromatic N) is 3. The number of hydrogen-bond acceptors (Lipinski definition) is 6. The molecular formula is C22H19F3N4O5. The van der Waals surface area contributed by atoms with Gasteiger partial charge in [-0.15, -0.1) is 18.2 Å². The fourth-order valence-corrected chi connectivity index (χ4v) is 3.31. The molecule has 0 aliphatic carbocycles. The standard InChI is InChI=1S/C22H19F3N4O5/c1-32-16-6-2-4-14(10-16)12-28-8-9-29-13-18(33-21(29)27-20(28)31)19(30)26-15-5-3-7-17(11-15)34-22(23,24)25/h2-7,10-11,13H,8-9,12H2,1H3,(H,26,30). The number of rotatable bonds is 6. The number of alkyl halides is 3. The number of fused-ring (bicyclic) bond motifs is 1. The summed E-state index contributed by atoms with van der Waals surface area (Å²) in [5.74, 6) is -0.689. The third-order valence-electron chi connectivity index (χ3n) is 4.85. The Morgan fingerprint density at radius 3 is 2.68 bits per heavy atom. The molecule has 0 bridgehead atoms. The van der Waals surface area contributed by atoms with E-state index in [0.29, 0.717) is 25.4 Å². The summed E-state index contributed by atoms with van der Waals surface area (Å²) in [5, 5.41) is 2.43. The molecule has 2 heterocycles. The van der Waals surface area contributed by atoms with Crippen LogP contribution >= 0.6 is 0 Å². The Morgan fingerprint density at radius 1 is 1.15 bits per heavy atom. The number of anilines is 1. The molecule has 0 saturated carbocycles. The fourth-order valence-electron chi connectivity index (χ4n) is 3.31. The van der Waals surface area contributed by atoms with E-state index in [1.807, 2.05) is 18.2 Å². The minimum atomic E-state index is -4.85. The van der Waals surface area contributed by atoms with Gasteiger partial charge in [-0.05, 0) is 29.8 Å². The number of halogens is 3. The maximum Gasteiger partial charge on any atom is 0.573 e. The number of nitrogens with one attached hydrogen (secondary N) is 1. The van der Waals surface area contributed by atoms with Gasteiger partial charge in [0.15, 0.2) is 0 Å². The Kier molecular flexibility index (Phi) is 6.30. The summed E-state index contributed by atoms with van der Waals surface area (Å²) in [5.41, 5.74) is 0.934. The van der Waals surface area contributed by atoms with Gasteiger partial charge in [0.25, 0.3) is 5.91 Å². The van der Waals surface area contributed by atoms with Gasteiger partial charge < -0.3 is 24.4 Å². The molecule has 178 valence electrons. The van der Waals surface area contributed by atoms with Crippen molar-refractivity contribution in [3.8, 4) is 11.5 Å². The highest BCUT2D eigenvalue weighted by molar-refractivity contribution is 6.06. The average Bonchev–Trinajstić information content (AvgIpc) is 3.12. The van der Waals surface area contributed by atoms with Crippen molar-refractivity contribution in [3.63, 3.8) is 0 Å². The Balaban J connectivity index is 1.39. The van der Waals surface area contributed by atoms with Crippen LogP contribution in [0.1, 0.15) is 5.56 Å². The molecule has 0 radical (unpaired) electrons. The summed E-state index contributed by atoms with van der Waals surface area (Å²) in [4.78, 5) is 32.1. The molecule has 1 N–H and O–H groups in total. The number of ether oxygens (including phenoxy) is 3. The van der Waals surface area contributed by atoms with E-state index in [-0.39, 0.29) is 17.5 Å². The lowest BCUT2D eigenvalue weighted by Crippen LogP contribution is -2.31. The van der Waals surface area contributed by atoms with Crippen LogP contribution in [0.2, 0.25) is 0 Å². The van der Waals surface area contributed by atoms with Gasteiger partial charge in [-0.1, -0.05) is 18.2 Å². The van der Waals surface area contributed by atoms with Crippen molar-refractivity contribution >= 4 is 23.6 Å². The van der Waals surface area contributed by atoms with Crippen molar-refractivity contribution in [2.75, 3.05) is 25.5 Å². The zero-order valence-corrected chi connectivity index (χ0v) is 17.8. The van der Waals surface area contributed by atoms with E-state index in [2.05, 4.69) is 15.0 Å². The number of carbonyl (C=O) groups excluding carboxylic acids is 2. The number of methoxy groups -OCH3 is 1. The number of amides is 3. The van der Waals surface area contributed by atoms with Crippen molar-refractivity contribution in [1.29, 1.82) is 0 Å². The van der Waals surface area contributed by atoms with E-state index in [0.717, 1.165) is 17.7 Å². The normalized spacial score (nSPS) is 15.6. The van der Waals surface area contributed by atoms with Gasteiger partial charge in [0.1, 0.15) is 11.5 Å². The van der Waals surface area contributed by atoms with Crippen LogP contribution in [0.25, 0.3) is 0 Å². The van der Waals surface area contributed by atoms with Crippen LogP contribution in [0.5, 0.6) is 11.5 Å². The van der Waals surface area contributed by atoms with Crippen molar-refractivity contribution in [1.82, 2.24) is 9.80 Å². The predicted octanol–water partition coefficient (Wildman–Crippen LogP) is 3.70. The molecular weight excluding hydrogens is 457 g/mol. The molecule has 12 heteroatoms. The summed E-state index contributed by atoms with van der Waals surface area (Å²) in [7, 11) is 1.56. The minimum absolute atomic E-state index is 0.0579. The van der Waals surface area contributed by atoms with Crippen LogP contribution in [-0.2, 0) is 16.1 Å². The zero-order valence-electron chi connectivity index (χ0n) is 17.8. The second-order valence-corrected chi connectivity index (χ2v) is 7.27. The molecule has 9 nitrogen and oxygen atoms in total. The third kappa shape index (κ3) is 5.57. The van der Waals surface area contributed by atoms with Gasteiger partial charge in [0.05, 0.1) is 13.3 Å². The third-order valence-corrected chi connectivity index (χ3v) is 4.85. The molecule has 2 aromatic carbocycles. The molecule has 0 spiro atoms. The van der Waals surface area contributed by atoms with Crippen molar-refractivity contribution in [2.24, 2.45) is 4.99 Å². The van der Waals surface area contributed by atoms with Crippen molar-refractivity contribution < 1.29 is 37.0 Å². The smallest absolute Gasteiger partial charge is 0.497 e. The van der Waals surface area contributed by atoms with Gasteiger partial charge in [-0.3, -0.25) is 9.69 Å². The van der Waals surface area contributed by atoms with E-state index in [1.165, 1.54) is 28.1 Å². The molecule has 3 amide bonds. The molecule has 4 rings (SSSR count). The number of urea groups is 1. The first-order valence-electron chi connectivity index (χ1n) is 10.0. The maximum atomic E-state index is 12.6. The summed E-state index contributed by atoms with van der Waals surface area (Å²) in [6.45, 7) is 0.947. The molecule has 0 fully saturated rings. The van der Waals surface area contributed by atoms with Gasteiger partial charge in [-0.2, -0.15) is 0 Å². The lowest BCUT2D eigenvalue weighted by molar-refractivity contribution is -0.274. The first-order valence-corrected chi connectivity index (χ1v) is 10.0. The molecule has 0 unspecified atom stereocenters. The molecule has 2 aromatic rings. The van der Waals surface area contributed by atoms with Crippen LogP contribution in [-0.4, -0.2) is 54.3 Å². The lowest BCUT2D eigenvalue weighted by atomic mass is 10.2. The number of hydrogen-bond donors (Lipinski definition) is 1. The number of carbonyl (C=O) groups is 2. The van der Waals surface area contributed by atoms with Gasteiger partial charge in [0, 0.05) is 31.4 Å². The average molecular weight is 476 g/mol. The van der Waals surface area contributed by atoms with Crippen LogP contribution in [0.3, 0.4) is 0 Å². The van der Waals surface area contributed by atoms with Crippen molar-refractivity contribution in [3.05, 3.63) is 66.1 Å². The monoisotopic (exact) mass is 476 g/mol. The summed E-state index contributed by atoms with van der Waals surface area (Å²) in [6.07, 6.45) is -3.47. The molecule has 0 atom stereocenters. The molecule has 0 saturated heterocycles. The van der Waals surface area contributed by atoms with Crippen LogP contribution in [0, 0.1) is 0 Å². The van der Waals surface area contributed by atoms with Crippen molar-refractivity contribution in [2.45, 2.75) is 12.9 Å².